The Hall–Kier alpha value is -1.10. The molecule has 1 aliphatic carbocycles. The molecule has 0 amide bonds. The minimum Gasteiger partial charge on any atom is -0.474 e. The van der Waals surface area contributed by atoms with E-state index in [0.29, 0.717) is 12.0 Å². The zero-order chi connectivity index (χ0) is 16.8. The predicted octanol–water partition coefficient (Wildman–Crippen LogP) is 5.11. The van der Waals surface area contributed by atoms with Crippen LogP contribution in [0.5, 0.6) is 5.88 Å². The van der Waals surface area contributed by atoms with Gasteiger partial charge in [0.1, 0.15) is 6.10 Å². The number of aliphatic imine (C=N–C) groups is 1. The number of hydrogen-bond acceptors (Lipinski definition) is 3. The van der Waals surface area contributed by atoms with Crippen LogP contribution in [-0.2, 0) is 0 Å². The minimum atomic E-state index is 0.293. The number of halogens is 1. The molecular weight excluding hydrogens is 354 g/mol. The van der Waals surface area contributed by atoms with Gasteiger partial charge in [-0.25, -0.2) is 9.98 Å². The second-order valence-electron chi connectivity index (χ2n) is 6.37. The Morgan fingerprint density at radius 3 is 2.65 bits per heavy atom. The first-order valence-electron chi connectivity index (χ1n) is 8.61. The van der Waals surface area contributed by atoms with Gasteiger partial charge in [0, 0.05) is 13.6 Å². The summed E-state index contributed by atoms with van der Waals surface area (Å²) < 4.78 is 7.02. The first kappa shape index (κ1) is 18.2. The second kappa shape index (κ2) is 8.67. The topological polar surface area (TPSA) is 37.7 Å². The van der Waals surface area contributed by atoms with Crippen LogP contribution in [0.1, 0.15) is 51.6 Å². The quantitative estimate of drug-likeness (QED) is 0.507. The summed E-state index contributed by atoms with van der Waals surface area (Å²) >= 11 is 3.58. The molecule has 4 nitrogen and oxygen atoms in total. The van der Waals surface area contributed by atoms with Crippen molar-refractivity contribution in [3.63, 3.8) is 0 Å². The van der Waals surface area contributed by atoms with E-state index in [1.54, 1.807) is 0 Å². The fourth-order valence-electron chi connectivity index (χ4n) is 2.82. The van der Waals surface area contributed by atoms with Crippen LogP contribution in [0.3, 0.4) is 0 Å². The molecule has 0 spiro atoms. The number of rotatable bonds is 6. The molecule has 0 aromatic carbocycles. The molecule has 5 heteroatoms. The monoisotopic (exact) mass is 381 g/mol. The van der Waals surface area contributed by atoms with Gasteiger partial charge in [-0.2, -0.15) is 0 Å². The maximum atomic E-state index is 6.14. The third kappa shape index (κ3) is 5.20. The summed E-state index contributed by atoms with van der Waals surface area (Å²) in [5.74, 6) is 1.57. The highest BCUT2D eigenvalue weighted by Crippen LogP contribution is 2.33. The normalized spacial score (nSPS) is 21.6. The Kier molecular flexibility index (Phi) is 6.88. The number of ether oxygens (including phenoxy) is 1. The Labute approximate surface area is 148 Å². The van der Waals surface area contributed by atoms with Crippen molar-refractivity contribution in [2.45, 2.75) is 59.0 Å². The third-order valence-corrected chi connectivity index (χ3v) is 5.22. The van der Waals surface area contributed by atoms with Gasteiger partial charge in [0.05, 0.1) is 22.2 Å². The van der Waals surface area contributed by atoms with Gasteiger partial charge in [-0.1, -0.05) is 13.3 Å². The van der Waals surface area contributed by atoms with E-state index in [0.717, 1.165) is 41.2 Å². The SMILES string of the molecule is CCC1CCC(Oc2nc(C)c(N=CN(C)CC)cc2Br)CC1. The van der Waals surface area contributed by atoms with E-state index in [1.165, 1.54) is 19.3 Å². The molecule has 0 atom stereocenters. The molecule has 1 aliphatic rings. The van der Waals surface area contributed by atoms with Gasteiger partial charge in [0.2, 0.25) is 5.88 Å². The standard InChI is InChI=1S/C18H28BrN3O/c1-5-14-7-9-15(10-8-14)23-18-16(19)11-17(13(3)21-18)20-12-22(4)6-2/h11-12,14-15H,5-10H2,1-4H3. The van der Waals surface area contributed by atoms with Crippen LogP contribution in [-0.4, -0.2) is 35.9 Å². The summed E-state index contributed by atoms with van der Waals surface area (Å²) in [4.78, 5) is 11.1. The molecule has 1 saturated carbocycles. The molecule has 23 heavy (non-hydrogen) atoms. The van der Waals surface area contributed by atoms with E-state index in [2.05, 4.69) is 39.8 Å². The van der Waals surface area contributed by atoms with E-state index in [9.17, 15) is 0 Å². The molecular formula is C18H28BrN3O. The summed E-state index contributed by atoms with van der Waals surface area (Å²) in [6.07, 6.45) is 8.21. The first-order chi connectivity index (χ1) is 11.0. The molecule has 1 aromatic heterocycles. The Bertz CT molecular complexity index is 539. The highest BCUT2D eigenvalue weighted by molar-refractivity contribution is 9.10. The lowest BCUT2D eigenvalue weighted by Crippen LogP contribution is -2.24. The fraction of sp³-hybridized carbons (Fsp3) is 0.667. The van der Waals surface area contributed by atoms with Gasteiger partial charge < -0.3 is 9.64 Å². The highest BCUT2D eigenvalue weighted by atomic mass is 79.9. The van der Waals surface area contributed by atoms with Gasteiger partial charge in [-0.05, 0) is 67.4 Å². The van der Waals surface area contributed by atoms with Crippen LogP contribution in [0, 0.1) is 12.8 Å². The number of aryl methyl sites for hydroxylation is 1. The lowest BCUT2D eigenvalue weighted by Gasteiger charge is -2.28. The molecule has 0 unspecified atom stereocenters. The van der Waals surface area contributed by atoms with E-state index in [-0.39, 0.29) is 0 Å². The van der Waals surface area contributed by atoms with Crippen molar-refractivity contribution < 1.29 is 4.74 Å². The molecule has 0 bridgehead atoms. The molecule has 0 N–H and O–H groups in total. The Morgan fingerprint density at radius 2 is 2.04 bits per heavy atom. The van der Waals surface area contributed by atoms with Crippen molar-refractivity contribution in [3.8, 4) is 5.88 Å². The second-order valence-corrected chi connectivity index (χ2v) is 7.22. The predicted molar refractivity (Wildman–Crippen MR) is 99.8 cm³/mol. The highest BCUT2D eigenvalue weighted by Gasteiger charge is 2.22. The van der Waals surface area contributed by atoms with Gasteiger partial charge in [-0.15, -0.1) is 0 Å². The number of nitrogens with zero attached hydrogens (tertiary/aromatic N) is 3. The summed E-state index contributed by atoms with van der Waals surface area (Å²) in [6, 6.07) is 2.00. The van der Waals surface area contributed by atoms with Crippen molar-refractivity contribution in [2.24, 2.45) is 10.9 Å². The van der Waals surface area contributed by atoms with Crippen molar-refractivity contribution in [2.75, 3.05) is 13.6 Å². The number of pyridine rings is 1. The Balaban J connectivity index is 2.04. The molecule has 0 radical (unpaired) electrons. The fourth-order valence-corrected chi connectivity index (χ4v) is 3.22. The van der Waals surface area contributed by atoms with Crippen LogP contribution >= 0.6 is 15.9 Å². The van der Waals surface area contributed by atoms with Crippen LogP contribution in [0.15, 0.2) is 15.5 Å². The zero-order valence-electron chi connectivity index (χ0n) is 14.7. The van der Waals surface area contributed by atoms with Crippen molar-refractivity contribution in [1.29, 1.82) is 0 Å². The molecule has 1 aromatic rings. The van der Waals surface area contributed by atoms with Crippen LogP contribution in [0.2, 0.25) is 0 Å². The average molecular weight is 382 g/mol. The number of hydrogen-bond donors (Lipinski definition) is 0. The van der Waals surface area contributed by atoms with Gasteiger partial charge >= 0.3 is 0 Å². The first-order valence-corrected chi connectivity index (χ1v) is 9.41. The molecule has 2 rings (SSSR count). The summed E-state index contributed by atoms with van der Waals surface area (Å²) in [6.45, 7) is 7.28. The van der Waals surface area contributed by atoms with Crippen LogP contribution in [0.4, 0.5) is 5.69 Å². The van der Waals surface area contributed by atoms with E-state index >= 15 is 0 Å². The summed E-state index contributed by atoms with van der Waals surface area (Å²) in [7, 11) is 2.01. The lowest BCUT2D eigenvalue weighted by atomic mass is 9.86. The van der Waals surface area contributed by atoms with Crippen LogP contribution in [0.25, 0.3) is 0 Å². The van der Waals surface area contributed by atoms with Crippen molar-refractivity contribution in [1.82, 2.24) is 9.88 Å². The minimum absolute atomic E-state index is 0.293. The molecule has 0 saturated heterocycles. The number of aromatic nitrogens is 1. The van der Waals surface area contributed by atoms with Gasteiger partial charge in [0.15, 0.2) is 0 Å². The Morgan fingerprint density at radius 1 is 1.35 bits per heavy atom. The third-order valence-electron chi connectivity index (χ3n) is 4.65. The van der Waals surface area contributed by atoms with Crippen LogP contribution < -0.4 is 4.74 Å². The summed E-state index contributed by atoms with van der Waals surface area (Å²) in [5, 5.41) is 0. The summed E-state index contributed by atoms with van der Waals surface area (Å²) in [5.41, 5.74) is 1.77. The van der Waals surface area contributed by atoms with E-state index < -0.39 is 0 Å². The molecule has 1 fully saturated rings. The lowest BCUT2D eigenvalue weighted by molar-refractivity contribution is 0.124. The zero-order valence-corrected chi connectivity index (χ0v) is 16.3. The molecule has 128 valence electrons. The smallest absolute Gasteiger partial charge is 0.228 e. The van der Waals surface area contributed by atoms with Gasteiger partial charge in [-0.3, -0.25) is 0 Å². The van der Waals surface area contributed by atoms with Crippen molar-refractivity contribution in [3.05, 3.63) is 16.2 Å². The maximum Gasteiger partial charge on any atom is 0.228 e. The van der Waals surface area contributed by atoms with Crippen molar-refractivity contribution >= 4 is 28.0 Å². The molecule has 1 heterocycles. The maximum absolute atomic E-state index is 6.14. The average Bonchev–Trinajstić information content (AvgIpc) is 2.57. The largest absolute Gasteiger partial charge is 0.474 e. The van der Waals surface area contributed by atoms with E-state index in [1.807, 2.05) is 31.3 Å². The van der Waals surface area contributed by atoms with E-state index in [4.69, 9.17) is 4.74 Å². The molecule has 0 aliphatic heterocycles. The van der Waals surface area contributed by atoms with Gasteiger partial charge in [0.25, 0.3) is 0 Å².